The number of nitrogens with zero attached hydrogens (tertiary/aromatic N) is 1. The van der Waals surface area contributed by atoms with Crippen LogP contribution in [0.1, 0.15) is 31.4 Å². The van der Waals surface area contributed by atoms with E-state index in [4.69, 9.17) is 4.74 Å². The van der Waals surface area contributed by atoms with Crippen LogP contribution in [0.5, 0.6) is 0 Å². The number of hydrogen-bond donors (Lipinski definition) is 2. The van der Waals surface area contributed by atoms with Crippen LogP contribution in [0, 0.1) is 0 Å². The normalized spacial score (nSPS) is 26.9. The van der Waals surface area contributed by atoms with Gasteiger partial charge in [0.25, 0.3) is 5.91 Å². The molecular formula is C17H21N3O4. The fourth-order valence-corrected chi connectivity index (χ4v) is 3.09. The van der Waals surface area contributed by atoms with Crippen LogP contribution in [-0.4, -0.2) is 48.0 Å². The van der Waals surface area contributed by atoms with Crippen molar-refractivity contribution < 1.29 is 19.1 Å². The molecule has 3 rings (SSSR count). The maximum absolute atomic E-state index is 12.5. The molecule has 24 heavy (non-hydrogen) atoms. The lowest BCUT2D eigenvalue weighted by Gasteiger charge is -2.37. The molecule has 2 aliphatic rings. The van der Waals surface area contributed by atoms with Crippen LogP contribution >= 0.6 is 0 Å². The summed E-state index contributed by atoms with van der Waals surface area (Å²) in [6.07, 6.45) is 0.320. The molecule has 0 unspecified atom stereocenters. The van der Waals surface area contributed by atoms with Gasteiger partial charge in [-0.15, -0.1) is 0 Å². The number of carbonyl (C=O) groups is 3. The molecule has 7 heteroatoms. The van der Waals surface area contributed by atoms with E-state index in [9.17, 15) is 14.4 Å². The number of hydrogen-bond acceptors (Lipinski definition) is 4. The first-order valence-corrected chi connectivity index (χ1v) is 8.12. The van der Waals surface area contributed by atoms with Gasteiger partial charge in [-0.25, -0.2) is 4.79 Å². The Morgan fingerprint density at radius 2 is 2.00 bits per heavy atom. The topological polar surface area (TPSA) is 87.7 Å². The van der Waals surface area contributed by atoms with Crippen molar-refractivity contribution >= 4 is 17.8 Å². The number of amides is 4. The molecule has 7 nitrogen and oxygen atoms in total. The van der Waals surface area contributed by atoms with Crippen molar-refractivity contribution in [2.45, 2.75) is 38.0 Å². The molecule has 3 atom stereocenters. The number of imide groups is 1. The highest BCUT2D eigenvalue weighted by Gasteiger charge is 2.32. The fourth-order valence-electron chi connectivity index (χ4n) is 3.09. The molecule has 0 saturated carbocycles. The van der Waals surface area contributed by atoms with Crippen LogP contribution in [0.25, 0.3) is 0 Å². The van der Waals surface area contributed by atoms with E-state index in [1.165, 1.54) is 0 Å². The van der Waals surface area contributed by atoms with Crippen LogP contribution < -0.4 is 10.6 Å². The first-order chi connectivity index (χ1) is 11.5. The van der Waals surface area contributed by atoms with Crippen molar-refractivity contribution in [3.63, 3.8) is 0 Å². The lowest BCUT2D eigenvalue weighted by Crippen LogP contribution is -2.46. The second-order valence-electron chi connectivity index (χ2n) is 6.20. The van der Waals surface area contributed by atoms with E-state index in [0.29, 0.717) is 19.5 Å². The summed E-state index contributed by atoms with van der Waals surface area (Å²) >= 11 is 0. The van der Waals surface area contributed by atoms with Gasteiger partial charge in [-0.05, 0) is 18.9 Å². The molecular weight excluding hydrogens is 310 g/mol. The molecule has 0 radical (unpaired) electrons. The number of urea groups is 1. The van der Waals surface area contributed by atoms with Gasteiger partial charge in [0.2, 0.25) is 5.91 Å². The summed E-state index contributed by atoms with van der Waals surface area (Å²) in [5.74, 6) is -0.398. The van der Waals surface area contributed by atoms with Crippen LogP contribution in [0.2, 0.25) is 0 Å². The Morgan fingerprint density at radius 1 is 1.25 bits per heavy atom. The first kappa shape index (κ1) is 16.4. The SMILES string of the molecule is C[C@@H]1CN(C(=O)CC[C@@H]2NC(=O)NC2=O)C[C@@H](c2ccccc2)O1. The molecule has 0 spiro atoms. The zero-order valence-electron chi connectivity index (χ0n) is 13.5. The fraction of sp³-hybridized carbons (Fsp3) is 0.471. The van der Waals surface area contributed by atoms with Crippen LogP contribution in [-0.2, 0) is 14.3 Å². The van der Waals surface area contributed by atoms with Crippen LogP contribution in [0.3, 0.4) is 0 Å². The summed E-state index contributed by atoms with van der Waals surface area (Å²) < 4.78 is 5.95. The number of ether oxygens (including phenoxy) is 1. The van der Waals surface area contributed by atoms with Crippen molar-refractivity contribution in [3.05, 3.63) is 35.9 Å². The van der Waals surface area contributed by atoms with Gasteiger partial charge >= 0.3 is 6.03 Å². The van der Waals surface area contributed by atoms with Gasteiger partial charge < -0.3 is 15.0 Å². The van der Waals surface area contributed by atoms with Crippen LogP contribution in [0.15, 0.2) is 30.3 Å². The van der Waals surface area contributed by atoms with Crippen LogP contribution in [0.4, 0.5) is 4.79 Å². The van der Waals surface area contributed by atoms with E-state index in [-0.39, 0.29) is 30.4 Å². The van der Waals surface area contributed by atoms with Gasteiger partial charge in [-0.1, -0.05) is 30.3 Å². The average molecular weight is 331 g/mol. The highest BCUT2D eigenvalue weighted by Crippen LogP contribution is 2.25. The van der Waals surface area contributed by atoms with E-state index >= 15 is 0 Å². The third-order valence-electron chi connectivity index (χ3n) is 4.29. The van der Waals surface area contributed by atoms with E-state index in [0.717, 1.165) is 5.56 Å². The molecule has 2 saturated heterocycles. The lowest BCUT2D eigenvalue weighted by atomic mass is 10.1. The van der Waals surface area contributed by atoms with Gasteiger partial charge in [-0.3, -0.25) is 14.9 Å². The molecule has 2 aliphatic heterocycles. The van der Waals surface area contributed by atoms with E-state index < -0.39 is 12.1 Å². The number of morpholine rings is 1. The molecule has 1 aromatic carbocycles. The molecule has 128 valence electrons. The van der Waals surface area contributed by atoms with Gasteiger partial charge in [-0.2, -0.15) is 0 Å². The van der Waals surface area contributed by atoms with Crippen molar-refractivity contribution in [2.75, 3.05) is 13.1 Å². The highest BCUT2D eigenvalue weighted by atomic mass is 16.5. The lowest BCUT2D eigenvalue weighted by molar-refractivity contribution is -0.145. The molecule has 1 aromatic rings. The Bertz CT molecular complexity index is 634. The number of nitrogens with one attached hydrogen (secondary N) is 2. The monoisotopic (exact) mass is 331 g/mol. The van der Waals surface area contributed by atoms with Crippen molar-refractivity contribution in [3.8, 4) is 0 Å². The second-order valence-corrected chi connectivity index (χ2v) is 6.20. The summed E-state index contributed by atoms with van der Waals surface area (Å²) in [4.78, 5) is 36.9. The molecule has 0 aliphatic carbocycles. The third kappa shape index (κ3) is 3.73. The molecule has 2 heterocycles. The maximum atomic E-state index is 12.5. The van der Waals surface area contributed by atoms with Crippen molar-refractivity contribution in [1.29, 1.82) is 0 Å². The zero-order chi connectivity index (χ0) is 17.1. The second kappa shape index (κ2) is 7.00. The molecule has 4 amide bonds. The minimum atomic E-state index is -0.621. The minimum Gasteiger partial charge on any atom is -0.367 e. The Labute approximate surface area is 140 Å². The third-order valence-corrected chi connectivity index (χ3v) is 4.29. The Balaban J connectivity index is 1.58. The van der Waals surface area contributed by atoms with E-state index in [1.807, 2.05) is 37.3 Å². The quantitative estimate of drug-likeness (QED) is 0.805. The minimum absolute atomic E-state index is 0.0277. The average Bonchev–Trinajstić information content (AvgIpc) is 2.90. The summed E-state index contributed by atoms with van der Waals surface area (Å²) in [7, 11) is 0. The predicted molar refractivity (Wildman–Crippen MR) is 86.0 cm³/mol. The Morgan fingerprint density at radius 3 is 2.67 bits per heavy atom. The smallest absolute Gasteiger partial charge is 0.322 e. The van der Waals surface area contributed by atoms with Crippen molar-refractivity contribution in [1.82, 2.24) is 15.5 Å². The van der Waals surface area contributed by atoms with Gasteiger partial charge in [0.1, 0.15) is 12.1 Å². The Kier molecular flexibility index (Phi) is 4.80. The molecule has 0 aromatic heterocycles. The number of benzene rings is 1. The number of carbonyl (C=O) groups excluding carboxylic acids is 3. The number of rotatable bonds is 4. The Hall–Kier alpha value is -2.41. The van der Waals surface area contributed by atoms with Gasteiger partial charge in [0.05, 0.1) is 12.6 Å². The molecule has 2 fully saturated rings. The first-order valence-electron chi connectivity index (χ1n) is 8.12. The summed E-state index contributed by atoms with van der Waals surface area (Å²) in [6, 6.07) is 8.70. The summed E-state index contributed by atoms with van der Waals surface area (Å²) in [5.41, 5.74) is 1.05. The summed E-state index contributed by atoms with van der Waals surface area (Å²) in [6.45, 7) is 2.97. The maximum Gasteiger partial charge on any atom is 0.322 e. The van der Waals surface area contributed by atoms with Gasteiger partial charge in [0, 0.05) is 13.0 Å². The standard InChI is InChI=1S/C17H21N3O4/c1-11-9-20(10-14(24-11)12-5-3-2-4-6-12)15(21)8-7-13-16(22)19-17(23)18-13/h2-6,11,13-14H,7-10H2,1H3,(H2,18,19,22,23)/t11-,13+,14+/m1/s1. The van der Waals surface area contributed by atoms with E-state index in [2.05, 4.69) is 10.6 Å². The predicted octanol–water partition coefficient (Wildman–Crippen LogP) is 0.963. The molecule has 0 bridgehead atoms. The summed E-state index contributed by atoms with van der Waals surface area (Å²) in [5, 5.41) is 4.68. The zero-order valence-corrected chi connectivity index (χ0v) is 13.5. The van der Waals surface area contributed by atoms with Crippen molar-refractivity contribution in [2.24, 2.45) is 0 Å². The van der Waals surface area contributed by atoms with Gasteiger partial charge in [0.15, 0.2) is 0 Å². The largest absolute Gasteiger partial charge is 0.367 e. The van der Waals surface area contributed by atoms with E-state index in [1.54, 1.807) is 4.90 Å². The highest BCUT2D eigenvalue weighted by molar-refractivity contribution is 6.04. The molecule has 2 N–H and O–H groups in total.